The Kier molecular flexibility index (Phi) is 5.35. The Bertz CT molecular complexity index is 1310. The molecular weight excluding hydrogens is 435 g/mol. The lowest BCUT2D eigenvalue weighted by molar-refractivity contribution is -0.150. The molecule has 0 radical (unpaired) electrons. The minimum atomic E-state index is -4.65. The molecule has 10 heteroatoms. The molecule has 0 amide bonds. The largest absolute Gasteiger partial charge is 0.461 e. The Balaban J connectivity index is 1.22. The maximum Gasteiger partial charge on any atom is 0.453 e. The van der Waals surface area contributed by atoms with Gasteiger partial charge < -0.3 is 9.64 Å². The number of aromatic nitrogens is 4. The van der Waals surface area contributed by atoms with Gasteiger partial charge in [-0.3, -0.25) is 4.79 Å². The maximum atomic E-state index is 13.1. The third kappa shape index (κ3) is 4.20. The van der Waals surface area contributed by atoms with Crippen LogP contribution in [0.2, 0.25) is 0 Å². The van der Waals surface area contributed by atoms with E-state index in [0.717, 1.165) is 16.3 Å². The standard InChI is InChI=1S/C23H20F3N5O2/c24-23(25,26)22-28-27-19-8-9-20(29-31(19)22)30-12-10-16(11-13-30)21(32)33-14-17-6-3-5-15-4-1-2-7-18(15)17/h1-9,16H,10-14H2. The molecule has 7 nitrogen and oxygen atoms in total. The Hall–Kier alpha value is -3.69. The third-order valence-corrected chi connectivity index (χ3v) is 5.90. The molecule has 2 aromatic carbocycles. The quantitative estimate of drug-likeness (QED) is 0.429. The van der Waals surface area contributed by atoms with Crippen molar-refractivity contribution in [1.29, 1.82) is 0 Å². The Morgan fingerprint density at radius 2 is 1.76 bits per heavy atom. The summed E-state index contributed by atoms with van der Waals surface area (Å²) in [7, 11) is 0. The van der Waals surface area contributed by atoms with Crippen molar-refractivity contribution in [2.75, 3.05) is 18.0 Å². The molecule has 4 aromatic rings. The highest BCUT2D eigenvalue weighted by atomic mass is 19.4. The van der Waals surface area contributed by atoms with Gasteiger partial charge in [-0.25, -0.2) is 0 Å². The van der Waals surface area contributed by atoms with Gasteiger partial charge in [-0.05, 0) is 41.3 Å². The average Bonchev–Trinajstić information content (AvgIpc) is 3.26. The van der Waals surface area contributed by atoms with Crippen molar-refractivity contribution in [1.82, 2.24) is 19.8 Å². The van der Waals surface area contributed by atoms with Crippen LogP contribution < -0.4 is 4.90 Å². The van der Waals surface area contributed by atoms with Gasteiger partial charge in [0, 0.05) is 13.1 Å². The highest BCUT2D eigenvalue weighted by Gasteiger charge is 2.38. The van der Waals surface area contributed by atoms with Crippen LogP contribution in [0.25, 0.3) is 16.4 Å². The van der Waals surface area contributed by atoms with Gasteiger partial charge in [-0.15, -0.1) is 15.3 Å². The highest BCUT2D eigenvalue weighted by molar-refractivity contribution is 5.85. The summed E-state index contributed by atoms with van der Waals surface area (Å²) in [5.74, 6) is -1.30. The molecule has 1 aliphatic rings. The summed E-state index contributed by atoms with van der Waals surface area (Å²) in [5, 5.41) is 12.9. The Labute approximate surface area is 186 Å². The molecule has 2 aromatic heterocycles. The molecule has 0 unspecified atom stereocenters. The fourth-order valence-corrected chi connectivity index (χ4v) is 4.15. The number of nitrogens with zero attached hydrogens (tertiary/aromatic N) is 5. The van der Waals surface area contributed by atoms with Gasteiger partial charge in [-0.2, -0.15) is 17.7 Å². The number of carbonyl (C=O) groups excluding carboxylic acids is 1. The molecule has 33 heavy (non-hydrogen) atoms. The van der Waals surface area contributed by atoms with Gasteiger partial charge in [0.1, 0.15) is 12.4 Å². The normalized spacial score (nSPS) is 15.3. The number of rotatable bonds is 4. The van der Waals surface area contributed by atoms with Crippen molar-refractivity contribution in [2.45, 2.75) is 25.6 Å². The fourth-order valence-electron chi connectivity index (χ4n) is 4.15. The summed E-state index contributed by atoms with van der Waals surface area (Å²) in [5.41, 5.74) is 0.976. The van der Waals surface area contributed by atoms with Crippen molar-refractivity contribution < 1.29 is 22.7 Å². The summed E-state index contributed by atoms with van der Waals surface area (Å²) in [4.78, 5) is 14.5. The molecule has 1 aliphatic heterocycles. The molecule has 0 aliphatic carbocycles. The first-order chi connectivity index (χ1) is 15.9. The first kappa shape index (κ1) is 21.2. The first-order valence-corrected chi connectivity index (χ1v) is 10.6. The molecule has 1 saturated heterocycles. The van der Waals surface area contributed by atoms with Crippen molar-refractivity contribution in [3.63, 3.8) is 0 Å². The molecular formula is C23H20F3N5O2. The van der Waals surface area contributed by atoms with Gasteiger partial charge in [0.05, 0.1) is 5.92 Å². The number of benzene rings is 2. The number of alkyl halides is 3. The molecule has 170 valence electrons. The summed E-state index contributed by atoms with van der Waals surface area (Å²) in [6.07, 6.45) is -3.59. The van der Waals surface area contributed by atoms with Crippen molar-refractivity contribution >= 4 is 28.2 Å². The SMILES string of the molecule is O=C(OCc1cccc2ccccc12)C1CCN(c2ccc3nnc(C(F)(F)F)n3n2)CC1. The van der Waals surface area contributed by atoms with Crippen LogP contribution in [0.3, 0.4) is 0 Å². The number of halogens is 3. The number of piperidine rings is 1. The van der Waals surface area contributed by atoms with E-state index in [1.807, 2.05) is 47.4 Å². The second-order valence-electron chi connectivity index (χ2n) is 7.99. The molecule has 5 rings (SSSR count). The number of esters is 1. The van der Waals surface area contributed by atoms with Gasteiger partial charge >= 0.3 is 12.1 Å². The van der Waals surface area contributed by atoms with Crippen LogP contribution in [-0.4, -0.2) is 38.9 Å². The van der Waals surface area contributed by atoms with Crippen molar-refractivity contribution in [3.8, 4) is 0 Å². The van der Waals surface area contributed by atoms with Gasteiger partial charge in [0.2, 0.25) is 0 Å². The topological polar surface area (TPSA) is 72.6 Å². The second-order valence-corrected chi connectivity index (χ2v) is 7.99. The van der Waals surface area contributed by atoms with E-state index in [-0.39, 0.29) is 24.1 Å². The van der Waals surface area contributed by atoms with E-state index < -0.39 is 12.0 Å². The third-order valence-electron chi connectivity index (χ3n) is 5.90. The lowest BCUT2D eigenvalue weighted by atomic mass is 9.97. The molecule has 0 atom stereocenters. The molecule has 1 fully saturated rings. The van der Waals surface area contributed by atoms with Gasteiger partial charge in [0.25, 0.3) is 5.82 Å². The maximum absolute atomic E-state index is 13.1. The van der Waals surface area contributed by atoms with E-state index in [4.69, 9.17) is 4.74 Å². The summed E-state index contributed by atoms with van der Waals surface area (Å²) in [6, 6.07) is 16.9. The number of hydrogen-bond donors (Lipinski definition) is 0. The minimum Gasteiger partial charge on any atom is -0.461 e. The summed E-state index contributed by atoms with van der Waals surface area (Å²) < 4.78 is 45.7. The number of hydrogen-bond acceptors (Lipinski definition) is 6. The molecule has 0 bridgehead atoms. The number of fused-ring (bicyclic) bond motifs is 2. The van der Waals surface area contributed by atoms with E-state index in [2.05, 4.69) is 15.3 Å². The lowest BCUT2D eigenvalue weighted by Crippen LogP contribution is -2.37. The van der Waals surface area contributed by atoms with Crippen LogP contribution in [0.1, 0.15) is 24.2 Å². The van der Waals surface area contributed by atoms with Crippen molar-refractivity contribution in [3.05, 3.63) is 66.0 Å². The predicted octanol–water partition coefficient (Wildman–Crippen LogP) is 4.26. The van der Waals surface area contributed by atoms with Gasteiger partial charge in [0.15, 0.2) is 5.65 Å². The van der Waals surface area contributed by atoms with Crippen LogP contribution in [0.4, 0.5) is 19.0 Å². The zero-order valence-electron chi connectivity index (χ0n) is 17.5. The van der Waals surface area contributed by atoms with E-state index in [1.165, 1.54) is 6.07 Å². The number of carbonyl (C=O) groups is 1. The van der Waals surface area contributed by atoms with Crippen LogP contribution in [-0.2, 0) is 22.3 Å². The first-order valence-electron chi connectivity index (χ1n) is 10.6. The summed E-state index contributed by atoms with van der Waals surface area (Å²) in [6.45, 7) is 1.17. The monoisotopic (exact) mass is 455 g/mol. The molecule has 0 spiro atoms. The fraction of sp³-hybridized carbons (Fsp3) is 0.304. The predicted molar refractivity (Wildman–Crippen MR) is 114 cm³/mol. The Morgan fingerprint density at radius 1 is 1.00 bits per heavy atom. The molecule has 0 N–H and O–H groups in total. The van der Waals surface area contributed by atoms with E-state index in [1.54, 1.807) is 6.07 Å². The minimum absolute atomic E-state index is 0.0259. The van der Waals surface area contributed by atoms with Crippen molar-refractivity contribution in [2.24, 2.45) is 5.92 Å². The van der Waals surface area contributed by atoms with E-state index >= 15 is 0 Å². The second kappa shape index (κ2) is 8.34. The van der Waals surface area contributed by atoms with Crippen LogP contribution in [0.5, 0.6) is 0 Å². The zero-order chi connectivity index (χ0) is 23.0. The van der Waals surface area contributed by atoms with Crippen LogP contribution >= 0.6 is 0 Å². The molecule has 0 saturated carbocycles. The zero-order valence-corrected chi connectivity index (χ0v) is 17.5. The number of ether oxygens (including phenoxy) is 1. The van der Waals surface area contributed by atoms with Crippen LogP contribution in [0.15, 0.2) is 54.6 Å². The number of anilines is 1. The van der Waals surface area contributed by atoms with Crippen LogP contribution in [0, 0.1) is 5.92 Å². The van der Waals surface area contributed by atoms with E-state index in [9.17, 15) is 18.0 Å². The average molecular weight is 455 g/mol. The van der Waals surface area contributed by atoms with E-state index in [0.29, 0.717) is 36.3 Å². The smallest absolute Gasteiger partial charge is 0.453 e. The van der Waals surface area contributed by atoms with Gasteiger partial charge in [-0.1, -0.05) is 42.5 Å². The highest BCUT2D eigenvalue weighted by Crippen LogP contribution is 2.29. The Morgan fingerprint density at radius 3 is 2.55 bits per heavy atom. The lowest BCUT2D eigenvalue weighted by Gasteiger charge is -2.31. The summed E-state index contributed by atoms with van der Waals surface area (Å²) >= 11 is 0. The molecule has 3 heterocycles.